The number of nitrogens with one attached hydrogen (secondary N) is 2. The van der Waals surface area contributed by atoms with Crippen molar-refractivity contribution in [2.45, 2.75) is 12.5 Å². The van der Waals surface area contributed by atoms with Gasteiger partial charge in [0.2, 0.25) is 11.8 Å². The zero-order valence-corrected chi connectivity index (χ0v) is 20.1. The van der Waals surface area contributed by atoms with Gasteiger partial charge in [0.15, 0.2) is 5.11 Å². The van der Waals surface area contributed by atoms with Crippen molar-refractivity contribution in [1.29, 1.82) is 0 Å². The molecule has 35 heavy (non-hydrogen) atoms. The molecule has 1 aliphatic heterocycles. The summed E-state index contributed by atoms with van der Waals surface area (Å²) in [4.78, 5) is 38.7. The predicted octanol–water partition coefficient (Wildman–Crippen LogP) is 1.92. The van der Waals surface area contributed by atoms with Gasteiger partial charge in [0, 0.05) is 24.7 Å². The van der Waals surface area contributed by atoms with Crippen LogP contribution < -0.4 is 20.1 Å². The van der Waals surface area contributed by atoms with Gasteiger partial charge in [-0.25, -0.2) is 0 Å². The summed E-state index contributed by atoms with van der Waals surface area (Å²) >= 11 is 5.36. The topological polar surface area (TPSA) is 106 Å². The minimum atomic E-state index is -0.891. The number of nitrogens with zero attached hydrogens (tertiary/aromatic N) is 1. The summed E-state index contributed by atoms with van der Waals surface area (Å²) in [6.07, 6.45) is 2.71. The van der Waals surface area contributed by atoms with Crippen LogP contribution in [0.3, 0.4) is 0 Å². The molecule has 2 aromatic rings. The van der Waals surface area contributed by atoms with Crippen molar-refractivity contribution in [3.63, 3.8) is 0 Å². The summed E-state index contributed by atoms with van der Waals surface area (Å²) in [5, 5.41) is 5.36. The average Bonchev–Trinajstić information content (AvgIpc) is 2.87. The molecular formula is C25H27N3O6S. The van der Waals surface area contributed by atoms with Crippen molar-refractivity contribution in [3.8, 4) is 11.5 Å². The van der Waals surface area contributed by atoms with E-state index in [1.807, 2.05) is 36.4 Å². The molecule has 0 aromatic heterocycles. The summed E-state index contributed by atoms with van der Waals surface area (Å²) < 4.78 is 16.0. The second-order valence-electron chi connectivity index (χ2n) is 7.46. The minimum absolute atomic E-state index is 0.0387. The largest absolute Gasteiger partial charge is 0.496 e. The zero-order valence-electron chi connectivity index (χ0n) is 19.3. The van der Waals surface area contributed by atoms with Crippen LogP contribution in [0.15, 0.2) is 60.7 Å². The number of benzene rings is 2. The van der Waals surface area contributed by atoms with Gasteiger partial charge in [-0.1, -0.05) is 36.4 Å². The maximum atomic E-state index is 12.4. The normalized spacial score (nSPS) is 15.3. The molecule has 9 nitrogen and oxygen atoms in total. The van der Waals surface area contributed by atoms with Gasteiger partial charge in [-0.15, -0.1) is 0 Å². The number of carbonyl (C=O) groups is 3. The maximum absolute atomic E-state index is 12.4. The molecule has 0 spiro atoms. The third-order valence-electron chi connectivity index (χ3n) is 5.09. The molecule has 3 rings (SSSR count). The molecule has 0 saturated carbocycles. The quantitative estimate of drug-likeness (QED) is 0.234. The molecule has 1 fully saturated rings. The van der Waals surface area contributed by atoms with Gasteiger partial charge < -0.3 is 24.4 Å². The number of carbonyl (C=O) groups excluding carboxylic acids is 3. The Kier molecular flexibility index (Phi) is 9.61. The molecule has 0 aliphatic carbocycles. The number of para-hydroxylation sites is 2. The van der Waals surface area contributed by atoms with Gasteiger partial charge in [0.1, 0.15) is 30.8 Å². The van der Waals surface area contributed by atoms with Crippen LogP contribution in [0.4, 0.5) is 0 Å². The summed E-state index contributed by atoms with van der Waals surface area (Å²) in [7, 11) is 1.55. The van der Waals surface area contributed by atoms with Gasteiger partial charge in [0.05, 0.1) is 13.5 Å². The van der Waals surface area contributed by atoms with Gasteiger partial charge in [-0.2, -0.15) is 0 Å². The lowest BCUT2D eigenvalue weighted by atomic mass is 10.1. The summed E-state index contributed by atoms with van der Waals surface area (Å²) in [5.41, 5.74) is 0.727. The van der Waals surface area contributed by atoms with Crippen LogP contribution in [-0.2, 0) is 19.1 Å². The van der Waals surface area contributed by atoms with Crippen LogP contribution in [0.2, 0.25) is 0 Å². The Hall–Kier alpha value is -3.92. The first-order valence-corrected chi connectivity index (χ1v) is 11.4. The van der Waals surface area contributed by atoms with Crippen LogP contribution in [0.1, 0.15) is 12.0 Å². The summed E-state index contributed by atoms with van der Waals surface area (Å²) in [6.45, 7) is 0.902. The minimum Gasteiger partial charge on any atom is -0.496 e. The predicted molar refractivity (Wildman–Crippen MR) is 134 cm³/mol. The Morgan fingerprint density at radius 3 is 2.66 bits per heavy atom. The number of rotatable bonds is 9. The highest BCUT2D eigenvalue weighted by molar-refractivity contribution is 7.80. The molecule has 2 aromatic carbocycles. The number of thiocarbonyl (C=S) groups is 1. The Morgan fingerprint density at radius 2 is 1.89 bits per heavy atom. The lowest BCUT2D eigenvalue weighted by Gasteiger charge is -2.36. The summed E-state index contributed by atoms with van der Waals surface area (Å²) in [6, 6.07) is 15.5. The molecule has 0 radical (unpaired) electrons. The summed E-state index contributed by atoms with van der Waals surface area (Å²) in [5.74, 6) is -0.109. The van der Waals surface area contributed by atoms with E-state index in [4.69, 9.17) is 26.4 Å². The van der Waals surface area contributed by atoms with Crippen molar-refractivity contribution >= 4 is 41.2 Å². The van der Waals surface area contributed by atoms with E-state index in [0.717, 1.165) is 5.56 Å². The highest BCUT2D eigenvalue weighted by Crippen LogP contribution is 2.18. The molecule has 1 aliphatic rings. The van der Waals surface area contributed by atoms with Gasteiger partial charge in [0.25, 0.3) is 0 Å². The van der Waals surface area contributed by atoms with Crippen LogP contribution in [0.25, 0.3) is 6.08 Å². The van der Waals surface area contributed by atoms with E-state index in [1.54, 1.807) is 31.4 Å². The van der Waals surface area contributed by atoms with Crippen molar-refractivity contribution in [3.05, 3.63) is 66.2 Å². The molecule has 184 valence electrons. The van der Waals surface area contributed by atoms with Crippen LogP contribution in [0.5, 0.6) is 11.5 Å². The number of ether oxygens (including phenoxy) is 3. The Balaban J connectivity index is 1.51. The molecule has 2 amide bonds. The SMILES string of the molecule is COc1ccccc1/C=C/C(=O)NC(=S)N1CCNC(=O)C1CC(=O)OCCOc1ccccc1. The fourth-order valence-electron chi connectivity index (χ4n) is 3.40. The number of methoxy groups -OCH3 is 1. The third kappa shape index (κ3) is 7.82. The van der Waals surface area contributed by atoms with E-state index < -0.39 is 17.9 Å². The van der Waals surface area contributed by atoms with Crippen LogP contribution in [-0.4, -0.2) is 67.3 Å². The molecular weight excluding hydrogens is 470 g/mol. The zero-order chi connectivity index (χ0) is 25.0. The highest BCUT2D eigenvalue weighted by Gasteiger charge is 2.34. The van der Waals surface area contributed by atoms with E-state index in [9.17, 15) is 14.4 Å². The molecule has 10 heteroatoms. The van der Waals surface area contributed by atoms with Crippen molar-refractivity contribution < 1.29 is 28.6 Å². The Morgan fingerprint density at radius 1 is 1.14 bits per heavy atom. The monoisotopic (exact) mass is 497 g/mol. The Bertz CT molecular complexity index is 1080. The van der Waals surface area contributed by atoms with E-state index >= 15 is 0 Å². The fourth-order valence-corrected chi connectivity index (χ4v) is 3.72. The first-order chi connectivity index (χ1) is 17.0. The molecule has 1 atom stereocenters. The Labute approximate surface area is 209 Å². The molecule has 1 saturated heterocycles. The second kappa shape index (κ2) is 13.1. The lowest BCUT2D eigenvalue weighted by Crippen LogP contribution is -2.60. The number of amides is 2. The first kappa shape index (κ1) is 25.7. The number of esters is 1. The smallest absolute Gasteiger partial charge is 0.308 e. The van der Waals surface area contributed by atoms with Crippen LogP contribution in [0, 0.1) is 0 Å². The third-order valence-corrected chi connectivity index (χ3v) is 5.43. The van der Waals surface area contributed by atoms with Crippen molar-refractivity contribution in [2.24, 2.45) is 0 Å². The van der Waals surface area contributed by atoms with E-state index in [2.05, 4.69) is 10.6 Å². The molecule has 2 N–H and O–H groups in total. The number of hydrogen-bond acceptors (Lipinski definition) is 7. The van der Waals surface area contributed by atoms with E-state index in [0.29, 0.717) is 24.6 Å². The maximum Gasteiger partial charge on any atom is 0.308 e. The van der Waals surface area contributed by atoms with E-state index in [-0.39, 0.29) is 30.7 Å². The first-order valence-electron chi connectivity index (χ1n) is 11.0. The van der Waals surface area contributed by atoms with Gasteiger partial charge in [-0.3, -0.25) is 19.7 Å². The average molecular weight is 498 g/mol. The number of hydrogen-bond donors (Lipinski definition) is 2. The molecule has 1 unspecified atom stereocenters. The van der Waals surface area contributed by atoms with Crippen molar-refractivity contribution in [2.75, 3.05) is 33.4 Å². The van der Waals surface area contributed by atoms with E-state index in [1.165, 1.54) is 11.0 Å². The fraction of sp³-hybridized carbons (Fsp3) is 0.280. The number of piperazine rings is 1. The van der Waals surface area contributed by atoms with Gasteiger partial charge in [-0.05, 0) is 36.5 Å². The lowest BCUT2D eigenvalue weighted by molar-refractivity contribution is -0.148. The van der Waals surface area contributed by atoms with Crippen molar-refractivity contribution in [1.82, 2.24) is 15.5 Å². The van der Waals surface area contributed by atoms with Gasteiger partial charge >= 0.3 is 5.97 Å². The highest BCUT2D eigenvalue weighted by atomic mass is 32.1. The van der Waals surface area contributed by atoms with Crippen LogP contribution >= 0.6 is 12.2 Å². The molecule has 1 heterocycles. The standard InChI is InChI=1S/C25H27N3O6S/c1-32-21-10-6-5-7-18(21)11-12-22(29)27-25(35)28-14-13-26-24(31)20(28)17-23(30)34-16-15-33-19-8-3-2-4-9-19/h2-12,20H,13-17H2,1H3,(H,26,31)(H,27,29,35)/b12-11+. The molecule has 0 bridgehead atoms. The second-order valence-corrected chi connectivity index (χ2v) is 7.84.